The smallest absolute Gasteiger partial charge is 0.242 e. The van der Waals surface area contributed by atoms with E-state index in [0.717, 1.165) is 16.9 Å². The van der Waals surface area contributed by atoms with Crippen molar-refractivity contribution in [2.24, 2.45) is 0 Å². The summed E-state index contributed by atoms with van der Waals surface area (Å²) in [5, 5.41) is 3.77. The lowest BCUT2D eigenvalue weighted by Crippen LogP contribution is -2.52. The quantitative estimate of drug-likeness (QED) is 0.653. The molecule has 0 unspecified atom stereocenters. The molecule has 0 fully saturated rings. The van der Waals surface area contributed by atoms with E-state index in [4.69, 9.17) is 27.9 Å². The van der Waals surface area contributed by atoms with Gasteiger partial charge in [0.15, 0.2) is 0 Å². The van der Waals surface area contributed by atoms with E-state index in [1.54, 1.807) is 37.1 Å². The Balaban J connectivity index is 2.26. The van der Waals surface area contributed by atoms with E-state index in [-0.39, 0.29) is 18.2 Å². The van der Waals surface area contributed by atoms with Gasteiger partial charge in [0.2, 0.25) is 11.8 Å². The van der Waals surface area contributed by atoms with Gasteiger partial charge in [-0.25, -0.2) is 0 Å². The Morgan fingerprint density at radius 1 is 1.03 bits per heavy atom. The molecule has 0 aliphatic rings. The van der Waals surface area contributed by atoms with Crippen LogP contribution in [0, 0.1) is 0 Å². The molecule has 7 heteroatoms. The molecule has 30 heavy (non-hydrogen) atoms. The van der Waals surface area contributed by atoms with E-state index >= 15 is 0 Å². The molecule has 2 amide bonds. The summed E-state index contributed by atoms with van der Waals surface area (Å²) in [5.41, 5.74) is 1.23. The Labute approximate surface area is 188 Å². The summed E-state index contributed by atoms with van der Waals surface area (Å²) >= 11 is 12.1. The van der Waals surface area contributed by atoms with Crippen LogP contribution in [0.4, 0.5) is 0 Å². The zero-order valence-electron chi connectivity index (χ0n) is 18.0. The van der Waals surface area contributed by atoms with Crippen LogP contribution in [-0.2, 0) is 22.6 Å². The van der Waals surface area contributed by atoms with Crippen LogP contribution in [0.2, 0.25) is 10.0 Å². The van der Waals surface area contributed by atoms with Gasteiger partial charge in [-0.15, -0.1) is 0 Å². The number of hydrogen-bond acceptors (Lipinski definition) is 3. The number of methoxy groups -OCH3 is 1. The largest absolute Gasteiger partial charge is 0.497 e. The van der Waals surface area contributed by atoms with E-state index in [9.17, 15) is 9.59 Å². The fraction of sp³-hybridized carbons (Fsp3) is 0.391. The lowest BCUT2D eigenvalue weighted by atomic mass is 10.1. The minimum atomic E-state index is -0.651. The van der Waals surface area contributed by atoms with Crippen LogP contribution in [0.5, 0.6) is 5.75 Å². The van der Waals surface area contributed by atoms with Gasteiger partial charge in [-0.1, -0.05) is 41.4 Å². The Hall–Kier alpha value is -2.24. The molecule has 5 nitrogen and oxygen atoms in total. The van der Waals surface area contributed by atoms with Gasteiger partial charge in [0.05, 0.1) is 23.6 Å². The minimum absolute atomic E-state index is 0.111. The summed E-state index contributed by atoms with van der Waals surface area (Å²) in [6.45, 7) is 7.75. The zero-order chi connectivity index (χ0) is 22.5. The topological polar surface area (TPSA) is 58.6 Å². The average molecular weight is 451 g/mol. The number of hydrogen-bond donors (Lipinski definition) is 1. The van der Waals surface area contributed by atoms with Gasteiger partial charge in [0, 0.05) is 12.1 Å². The van der Waals surface area contributed by atoms with Crippen molar-refractivity contribution < 1.29 is 14.3 Å². The Kier molecular flexibility index (Phi) is 8.16. The van der Waals surface area contributed by atoms with Gasteiger partial charge >= 0.3 is 0 Å². The highest BCUT2D eigenvalue weighted by molar-refractivity contribution is 6.42. The maximum absolute atomic E-state index is 13.2. The maximum atomic E-state index is 13.2. The van der Waals surface area contributed by atoms with Gasteiger partial charge in [0.25, 0.3) is 0 Å². The van der Waals surface area contributed by atoms with Gasteiger partial charge in [-0.2, -0.15) is 0 Å². The predicted octanol–water partition coefficient (Wildman–Crippen LogP) is 4.88. The average Bonchev–Trinajstić information content (AvgIpc) is 2.67. The molecule has 0 aliphatic carbocycles. The van der Waals surface area contributed by atoms with E-state index in [1.807, 2.05) is 45.0 Å². The first kappa shape index (κ1) is 24.0. The van der Waals surface area contributed by atoms with Crippen molar-refractivity contribution in [3.8, 4) is 5.75 Å². The van der Waals surface area contributed by atoms with Crippen molar-refractivity contribution in [2.45, 2.75) is 52.2 Å². The van der Waals surface area contributed by atoms with E-state index in [2.05, 4.69) is 5.32 Å². The number of ether oxygens (including phenoxy) is 1. The molecular weight excluding hydrogens is 423 g/mol. The molecule has 2 aromatic rings. The summed E-state index contributed by atoms with van der Waals surface area (Å²) < 4.78 is 5.19. The number of nitrogens with one attached hydrogen (secondary N) is 1. The van der Waals surface area contributed by atoms with E-state index in [1.165, 1.54) is 0 Å². The van der Waals surface area contributed by atoms with Crippen molar-refractivity contribution in [3.05, 3.63) is 63.6 Å². The van der Waals surface area contributed by atoms with Crippen LogP contribution in [0.15, 0.2) is 42.5 Å². The molecule has 0 saturated heterocycles. The number of nitrogens with zero attached hydrogens (tertiary/aromatic N) is 1. The molecule has 0 spiro atoms. The fourth-order valence-electron chi connectivity index (χ4n) is 2.91. The molecule has 1 N–H and O–H groups in total. The molecule has 162 valence electrons. The molecule has 0 saturated carbocycles. The second-order valence-corrected chi connectivity index (χ2v) is 9.02. The summed E-state index contributed by atoms with van der Waals surface area (Å²) in [5.74, 6) is 0.338. The molecule has 0 heterocycles. The third-order valence-corrected chi connectivity index (χ3v) is 5.26. The first-order valence-corrected chi connectivity index (χ1v) is 10.4. The first-order valence-electron chi connectivity index (χ1n) is 9.68. The normalized spacial score (nSPS) is 12.2. The van der Waals surface area contributed by atoms with Crippen LogP contribution >= 0.6 is 23.2 Å². The highest BCUT2D eigenvalue weighted by Gasteiger charge is 2.28. The van der Waals surface area contributed by atoms with Crippen molar-refractivity contribution in [1.29, 1.82) is 0 Å². The molecule has 2 rings (SSSR count). The monoisotopic (exact) mass is 450 g/mol. The number of carbonyl (C=O) groups excluding carboxylic acids is 2. The fourth-order valence-corrected chi connectivity index (χ4v) is 3.23. The number of rotatable bonds is 7. The van der Waals surface area contributed by atoms with Crippen molar-refractivity contribution >= 4 is 35.0 Å². The van der Waals surface area contributed by atoms with Crippen LogP contribution in [0.25, 0.3) is 0 Å². The highest BCUT2D eigenvalue weighted by Crippen LogP contribution is 2.23. The zero-order valence-corrected chi connectivity index (χ0v) is 19.5. The molecular formula is C23H28Cl2N2O3. The number of halogens is 2. The summed E-state index contributed by atoms with van der Waals surface area (Å²) in [6, 6.07) is 11.9. The Bertz CT molecular complexity index is 892. The van der Waals surface area contributed by atoms with Crippen LogP contribution in [0.1, 0.15) is 38.8 Å². The summed E-state index contributed by atoms with van der Waals surface area (Å²) in [7, 11) is 1.60. The Morgan fingerprint density at radius 3 is 2.17 bits per heavy atom. The predicted molar refractivity (Wildman–Crippen MR) is 121 cm³/mol. The summed E-state index contributed by atoms with van der Waals surface area (Å²) in [4.78, 5) is 27.6. The van der Waals surface area contributed by atoms with Crippen molar-refractivity contribution in [3.63, 3.8) is 0 Å². The third-order valence-electron chi connectivity index (χ3n) is 4.52. The Morgan fingerprint density at radius 2 is 1.63 bits per heavy atom. The number of carbonyl (C=O) groups is 2. The second-order valence-electron chi connectivity index (χ2n) is 8.21. The standard InChI is InChI=1S/C23H28Cl2N2O3/c1-15(22(29)26-23(2,3)4)27(14-16-6-9-18(30-5)10-7-16)21(28)13-17-8-11-19(24)20(25)12-17/h6-12,15H,13-14H2,1-5H3,(H,26,29)/t15-/m0/s1. The molecule has 1 atom stereocenters. The maximum Gasteiger partial charge on any atom is 0.242 e. The SMILES string of the molecule is COc1ccc(CN(C(=O)Cc2ccc(Cl)c(Cl)c2)[C@@H](C)C(=O)NC(C)(C)C)cc1. The lowest BCUT2D eigenvalue weighted by Gasteiger charge is -2.31. The van der Waals surface area contributed by atoms with Crippen LogP contribution in [-0.4, -0.2) is 35.4 Å². The first-order chi connectivity index (χ1) is 14.0. The number of amides is 2. The van der Waals surface area contributed by atoms with Gasteiger partial charge in [0.1, 0.15) is 11.8 Å². The second kappa shape index (κ2) is 10.2. The summed E-state index contributed by atoms with van der Waals surface area (Å²) in [6.07, 6.45) is 0.111. The highest BCUT2D eigenvalue weighted by atomic mass is 35.5. The lowest BCUT2D eigenvalue weighted by molar-refractivity contribution is -0.140. The molecule has 0 aromatic heterocycles. The van der Waals surface area contributed by atoms with E-state index < -0.39 is 11.6 Å². The van der Waals surface area contributed by atoms with Gasteiger partial charge < -0.3 is 15.0 Å². The molecule has 2 aromatic carbocycles. The molecule has 0 radical (unpaired) electrons. The third kappa shape index (κ3) is 6.92. The van der Waals surface area contributed by atoms with Crippen molar-refractivity contribution in [2.75, 3.05) is 7.11 Å². The minimum Gasteiger partial charge on any atom is -0.497 e. The van der Waals surface area contributed by atoms with E-state index in [0.29, 0.717) is 16.6 Å². The van der Waals surface area contributed by atoms with Crippen molar-refractivity contribution in [1.82, 2.24) is 10.2 Å². The molecule has 0 aliphatic heterocycles. The van der Waals surface area contributed by atoms with Crippen LogP contribution in [0.3, 0.4) is 0 Å². The van der Waals surface area contributed by atoms with Gasteiger partial charge in [-0.3, -0.25) is 9.59 Å². The van der Waals surface area contributed by atoms with Crippen LogP contribution < -0.4 is 10.1 Å². The van der Waals surface area contributed by atoms with Gasteiger partial charge in [-0.05, 0) is 63.1 Å². The molecule has 0 bridgehead atoms. The number of benzene rings is 2.